The van der Waals surface area contributed by atoms with Crippen molar-refractivity contribution in [3.8, 4) is 0 Å². The monoisotopic (exact) mass is 394 g/mol. The molecule has 2 N–H and O–H groups in total. The van der Waals surface area contributed by atoms with Crippen molar-refractivity contribution in [3.63, 3.8) is 0 Å². The van der Waals surface area contributed by atoms with E-state index in [4.69, 9.17) is 9.41 Å². The average Bonchev–Trinajstić information content (AvgIpc) is 3.50. The van der Waals surface area contributed by atoms with Crippen LogP contribution in [0.15, 0.2) is 52.1 Å². The number of guanidine groups is 1. The number of aliphatic imine (C=N–C) groups is 1. The summed E-state index contributed by atoms with van der Waals surface area (Å²) in [6.07, 6.45) is 9.13. The van der Waals surface area contributed by atoms with Crippen molar-refractivity contribution >= 4 is 17.6 Å². The molecule has 0 unspecified atom stereocenters. The van der Waals surface area contributed by atoms with Crippen LogP contribution in [-0.4, -0.2) is 31.0 Å². The van der Waals surface area contributed by atoms with E-state index in [-0.39, 0.29) is 5.91 Å². The number of furan rings is 1. The molecule has 0 atom stereocenters. The summed E-state index contributed by atoms with van der Waals surface area (Å²) in [7, 11) is 0. The van der Waals surface area contributed by atoms with E-state index in [0.29, 0.717) is 19.0 Å². The lowest BCUT2D eigenvalue weighted by Gasteiger charge is -2.18. The zero-order valence-electron chi connectivity index (χ0n) is 16.9. The van der Waals surface area contributed by atoms with Crippen LogP contribution in [0.3, 0.4) is 0 Å². The van der Waals surface area contributed by atoms with Crippen molar-refractivity contribution in [2.45, 2.75) is 57.5 Å². The van der Waals surface area contributed by atoms with Crippen molar-refractivity contribution in [2.75, 3.05) is 18.0 Å². The van der Waals surface area contributed by atoms with Crippen LogP contribution >= 0.6 is 0 Å². The highest BCUT2D eigenvalue weighted by Gasteiger charge is 2.21. The Bertz CT molecular complexity index is 808. The third-order valence-electron chi connectivity index (χ3n) is 5.68. The van der Waals surface area contributed by atoms with Crippen LogP contribution in [0.4, 0.5) is 5.69 Å². The second-order valence-electron chi connectivity index (χ2n) is 7.86. The van der Waals surface area contributed by atoms with Gasteiger partial charge in [0.25, 0.3) is 0 Å². The minimum atomic E-state index is 0.222. The van der Waals surface area contributed by atoms with Crippen LogP contribution < -0.4 is 15.5 Å². The number of amides is 1. The van der Waals surface area contributed by atoms with E-state index in [2.05, 4.69) is 22.8 Å². The molecule has 29 heavy (non-hydrogen) atoms. The Balaban J connectivity index is 1.35. The molecule has 2 aliphatic rings. The van der Waals surface area contributed by atoms with Gasteiger partial charge in [-0.3, -0.25) is 4.79 Å². The van der Waals surface area contributed by atoms with E-state index < -0.39 is 0 Å². The maximum absolute atomic E-state index is 11.9. The molecular formula is C23H30N4O2. The smallest absolute Gasteiger partial charge is 0.227 e. The lowest BCUT2D eigenvalue weighted by atomic mass is 10.2. The first-order valence-electron chi connectivity index (χ1n) is 10.7. The van der Waals surface area contributed by atoms with Crippen LogP contribution in [0.5, 0.6) is 0 Å². The molecule has 2 heterocycles. The number of hydrogen-bond donors (Lipinski definition) is 2. The number of benzene rings is 1. The zero-order valence-corrected chi connectivity index (χ0v) is 16.9. The number of rotatable bonds is 7. The number of carbonyl (C=O) groups excluding carboxylic acids is 1. The second kappa shape index (κ2) is 9.63. The Morgan fingerprint density at radius 1 is 1.14 bits per heavy atom. The minimum absolute atomic E-state index is 0.222. The summed E-state index contributed by atoms with van der Waals surface area (Å²) in [5, 5.41) is 7.03. The number of nitrogens with zero attached hydrogens (tertiary/aromatic N) is 2. The van der Waals surface area contributed by atoms with Gasteiger partial charge in [-0.25, -0.2) is 4.99 Å². The molecule has 1 aromatic carbocycles. The molecule has 1 saturated heterocycles. The lowest BCUT2D eigenvalue weighted by Crippen LogP contribution is -2.43. The SMILES string of the molecule is O=C1CCCN1c1ccc(CN=C(NCCc2ccco2)NC2CCCC2)cc1. The summed E-state index contributed by atoms with van der Waals surface area (Å²) >= 11 is 0. The fourth-order valence-electron chi connectivity index (χ4n) is 4.05. The highest BCUT2D eigenvalue weighted by Crippen LogP contribution is 2.22. The maximum Gasteiger partial charge on any atom is 0.227 e. The highest BCUT2D eigenvalue weighted by molar-refractivity contribution is 5.95. The van der Waals surface area contributed by atoms with Gasteiger partial charge in [-0.05, 0) is 49.1 Å². The Morgan fingerprint density at radius 3 is 2.66 bits per heavy atom. The van der Waals surface area contributed by atoms with Gasteiger partial charge >= 0.3 is 0 Å². The molecule has 1 aliphatic carbocycles. The van der Waals surface area contributed by atoms with E-state index in [1.54, 1.807) is 6.26 Å². The summed E-state index contributed by atoms with van der Waals surface area (Å²) in [6, 6.07) is 12.6. The molecule has 4 rings (SSSR count). The quantitative estimate of drug-likeness (QED) is 0.556. The molecule has 2 fully saturated rings. The van der Waals surface area contributed by atoms with E-state index in [1.165, 1.54) is 25.7 Å². The van der Waals surface area contributed by atoms with Gasteiger partial charge in [0, 0.05) is 37.7 Å². The maximum atomic E-state index is 11.9. The zero-order chi connectivity index (χ0) is 19.9. The minimum Gasteiger partial charge on any atom is -0.469 e. The molecule has 1 aliphatic heterocycles. The second-order valence-corrected chi connectivity index (χ2v) is 7.86. The third kappa shape index (κ3) is 5.40. The van der Waals surface area contributed by atoms with Gasteiger partial charge in [0.05, 0.1) is 12.8 Å². The van der Waals surface area contributed by atoms with Crippen LogP contribution in [-0.2, 0) is 17.8 Å². The van der Waals surface area contributed by atoms with Crippen molar-refractivity contribution in [1.29, 1.82) is 0 Å². The number of anilines is 1. The number of nitrogens with one attached hydrogen (secondary N) is 2. The molecule has 1 aromatic heterocycles. The Morgan fingerprint density at radius 2 is 1.97 bits per heavy atom. The predicted octanol–water partition coefficient (Wildman–Crippen LogP) is 3.63. The summed E-state index contributed by atoms with van der Waals surface area (Å²) < 4.78 is 5.41. The topological polar surface area (TPSA) is 69.9 Å². The predicted molar refractivity (Wildman–Crippen MR) is 115 cm³/mol. The van der Waals surface area contributed by atoms with Crippen molar-refractivity contribution in [1.82, 2.24) is 10.6 Å². The largest absolute Gasteiger partial charge is 0.469 e. The lowest BCUT2D eigenvalue weighted by molar-refractivity contribution is -0.117. The van der Waals surface area contributed by atoms with Crippen LogP contribution in [0.25, 0.3) is 0 Å². The molecule has 1 saturated carbocycles. The van der Waals surface area contributed by atoms with Gasteiger partial charge in [-0.2, -0.15) is 0 Å². The van der Waals surface area contributed by atoms with Crippen molar-refractivity contribution < 1.29 is 9.21 Å². The highest BCUT2D eigenvalue weighted by atomic mass is 16.3. The molecule has 0 bridgehead atoms. The fourth-order valence-corrected chi connectivity index (χ4v) is 4.05. The standard InChI is InChI=1S/C23H30N4O2/c28-22-8-3-15-27(22)20-11-9-18(10-12-20)17-25-23(26-19-5-1-2-6-19)24-14-13-21-7-4-16-29-21/h4,7,9-12,16,19H,1-3,5-6,8,13-15,17H2,(H2,24,25,26). The number of hydrogen-bond acceptors (Lipinski definition) is 3. The van der Waals surface area contributed by atoms with Crippen LogP contribution in [0.2, 0.25) is 0 Å². The van der Waals surface area contributed by atoms with Gasteiger partial charge < -0.3 is 20.0 Å². The molecule has 0 spiro atoms. The molecule has 1 amide bonds. The first-order chi connectivity index (χ1) is 14.3. The molecule has 2 aromatic rings. The normalized spacial score (nSPS) is 17.9. The first kappa shape index (κ1) is 19.6. The molecule has 0 radical (unpaired) electrons. The summed E-state index contributed by atoms with van der Waals surface area (Å²) in [6.45, 7) is 2.21. The Labute approximate surface area is 172 Å². The van der Waals surface area contributed by atoms with E-state index in [9.17, 15) is 4.79 Å². The van der Waals surface area contributed by atoms with Gasteiger partial charge in [-0.1, -0.05) is 25.0 Å². The summed E-state index contributed by atoms with van der Waals surface area (Å²) in [4.78, 5) is 18.6. The Hall–Kier alpha value is -2.76. The molecule has 6 nitrogen and oxygen atoms in total. The van der Waals surface area contributed by atoms with Gasteiger partial charge in [0.15, 0.2) is 5.96 Å². The van der Waals surface area contributed by atoms with Gasteiger partial charge in [-0.15, -0.1) is 0 Å². The van der Waals surface area contributed by atoms with Gasteiger partial charge in [0.2, 0.25) is 5.91 Å². The number of carbonyl (C=O) groups is 1. The van der Waals surface area contributed by atoms with Crippen LogP contribution in [0.1, 0.15) is 49.8 Å². The van der Waals surface area contributed by atoms with Crippen molar-refractivity contribution in [3.05, 3.63) is 54.0 Å². The van der Waals surface area contributed by atoms with Crippen molar-refractivity contribution in [2.24, 2.45) is 4.99 Å². The summed E-state index contributed by atoms with van der Waals surface area (Å²) in [5.74, 6) is 2.06. The summed E-state index contributed by atoms with van der Waals surface area (Å²) in [5.41, 5.74) is 2.13. The van der Waals surface area contributed by atoms with Crippen LogP contribution in [0, 0.1) is 0 Å². The third-order valence-corrected chi connectivity index (χ3v) is 5.68. The first-order valence-corrected chi connectivity index (χ1v) is 10.7. The molecule has 154 valence electrons. The Kier molecular flexibility index (Phi) is 6.49. The van der Waals surface area contributed by atoms with E-state index in [0.717, 1.165) is 48.9 Å². The van der Waals surface area contributed by atoms with E-state index >= 15 is 0 Å². The fraction of sp³-hybridized carbons (Fsp3) is 0.478. The molecule has 6 heteroatoms. The molecular weight excluding hydrogens is 364 g/mol. The van der Waals surface area contributed by atoms with Gasteiger partial charge in [0.1, 0.15) is 5.76 Å². The average molecular weight is 395 g/mol. The van der Waals surface area contributed by atoms with E-state index in [1.807, 2.05) is 29.2 Å².